The highest BCUT2D eigenvalue weighted by molar-refractivity contribution is 5.96. The second kappa shape index (κ2) is 9.22. The number of hydrogen-bond acceptors (Lipinski definition) is 3. The van der Waals surface area contributed by atoms with Crippen LogP contribution in [0.15, 0.2) is 42.6 Å². The first-order valence-corrected chi connectivity index (χ1v) is 8.37. The van der Waals surface area contributed by atoms with Crippen LogP contribution in [-0.4, -0.2) is 17.4 Å². The van der Waals surface area contributed by atoms with Crippen LogP contribution in [0.1, 0.15) is 47.2 Å². The van der Waals surface area contributed by atoms with Crippen LogP contribution < -0.4 is 11.1 Å². The standard InChI is InChI=1S/C19H21F3N3O/c20-19(21,22)15-10-7-9-14(17(15)18(23)26)8-3-1-2-5-12-24-16-11-4-6-13-25-16/h4,6-11,13H,1-3,5,12H2,(H2,23,26)(H,24,25). The molecular weight excluding hydrogens is 343 g/mol. The first-order chi connectivity index (χ1) is 12.4. The van der Waals surface area contributed by atoms with E-state index in [1.165, 1.54) is 12.1 Å². The summed E-state index contributed by atoms with van der Waals surface area (Å²) >= 11 is 0. The van der Waals surface area contributed by atoms with Gasteiger partial charge in [0.05, 0.1) is 11.1 Å². The van der Waals surface area contributed by atoms with E-state index < -0.39 is 23.2 Å². The number of hydrogen-bond donors (Lipinski definition) is 2. The van der Waals surface area contributed by atoms with Gasteiger partial charge in [-0.05, 0) is 43.0 Å². The number of primary amides is 1. The summed E-state index contributed by atoms with van der Waals surface area (Å²) in [4.78, 5) is 15.6. The Morgan fingerprint density at radius 3 is 2.58 bits per heavy atom. The number of halogens is 3. The second-order valence-electron chi connectivity index (χ2n) is 5.83. The number of rotatable bonds is 9. The fourth-order valence-corrected chi connectivity index (χ4v) is 2.64. The minimum Gasteiger partial charge on any atom is -0.370 e. The molecule has 0 fully saturated rings. The highest BCUT2D eigenvalue weighted by Crippen LogP contribution is 2.34. The van der Waals surface area contributed by atoms with Gasteiger partial charge in [0.2, 0.25) is 5.91 Å². The fraction of sp³-hybridized carbons (Fsp3) is 0.316. The Hall–Kier alpha value is -2.57. The third-order valence-electron chi connectivity index (χ3n) is 3.86. The summed E-state index contributed by atoms with van der Waals surface area (Å²) in [7, 11) is 0. The van der Waals surface area contributed by atoms with Crippen LogP contribution in [0.2, 0.25) is 0 Å². The SMILES string of the molecule is NC(=O)c1c([CH]CCCCCNc2ccccn2)cccc1C(F)(F)F. The lowest BCUT2D eigenvalue weighted by atomic mass is 9.95. The number of nitrogens with two attached hydrogens (primary N) is 1. The highest BCUT2D eigenvalue weighted by atomic mass is 19.4. The largest absolute Gasteiger partial charge is 0.417 e. The molecule has 1 aromatic heterocycles. The highest BCUT2D eigenvalue weighted by Gasteiger charge is 2.35. The zero-order valence-electron chi connectivity index (χ0n) is 14.2. The van der Waals surface area contributed by atoms with Gasteiger partial charge in [-0.15, -0.1) is 0 Å². The molecule has 0 aliphatic carbocycles. The number of alkyl halides is 3. The fourth-order valence-electron chi connectivity index (χ4n) is 2.64. The Balaban J connectivity index is 1.80. The van der Waals surface area contributed by atoms with Crippen LogP contribution in [0.3, 0.4) is 0 Å². The summed E-state index contributed by atoms with van der Waals surface area (Å²) in [5, 5.41) is 3.19. The average Bonchev–Trinajstić information content (AvgIpc) is 2.60. The summed E-state index contributed by atoms with van der Waals surface area (Å²) in [6.07, 6.45) is 1.94. The zero-order valence-corrected chi connectivity index (χ0v) is 14.2. The molecule has 2 aromatic rings. The van der Waals surface area contributed by atoms with Gasteiger partial charge in [-0.2, -0.15) is 13.2 Å². The van der Waals surface area contributed by atoms with Crippen molar-refractivity contribution in [3.63, 3.8) is 0 Å². The van der Waals surface area contributed by atoms with Gasteiger partial charge in [0.15, 0.2) is 0 Å². The number of nitrogens with one attached hydrogen (secondary N) is 1. The van der Waals surface area contributed by atoms with E-state index in [0.717, 1.165) is 37.7 Å². The van der Waals surface area contributed by atoms with Gasteiger partial charge in [0.1, 0.15) is 5.82 Å². The number of carbonyl (C=O) groups excluding carboxylic acids is 1. The van der Waals surface area contributed by atoms with Crippen LogP contribution in [-0.2, 0) is 6.18 Å². The molecule has 0 spiro atoms. The molecule has 0 bridgehead atoms. The van der Waals surface area contributed by atoms with Crippen LogP contribution >= 0.6 is 0 Å². The predicted molar refractivity (Wildman–Crippen MR) is 94.6 cm³/mol. The van der Waals surface area contributed by atoms with Gasteiger partial charge < -0.3 is 11.1 Å². The van der Waals surface area contributed by atoms with Crippen molar-refractivity contribution in [2.24, 2.45) is 5.73 Å². The number of amides is 1. The van der Waals surface area contributed by atoms with Crippen LogP contribution in [0.5, 0.6) is 0 Å². The number of unbranched alkanes of at least 4 members (excludes halogenated alkanes) is 3. The second-order valence-corrected chi connectivity index (χ2v) is 5.83. The Morgan fingerprint density at radius 2 is 1.92 bits per heavy atom. The summed E-state index contributed by atoms with van der Waals surface area (Å²) in [6.45, 7) is 0.771. The molecule has 0 saturated carbocycles. The first kappa shape index (κ1) is 19.8. The molecule has 0 aliphatic heterocycles. The number of benzene rings is 1. The Bertz CT molecular complexity index is 718. The smallest absolute Gasteiger partial charge is 0.370 e. The molecule has 4 nitrogen and oxygen atoms in total. The molecule has 0 atom stereocenters. The van der Waals surface area contributed by atoms with Gasteiger partial charge >= 0.3 is 6.18 Å². The van der Waals surface area contributed by atoms with Gasteiger partial charge in [0.25, 0.3) is 0 Å². The quantitative estimate of drug-likeness (QED) is 0.647. The number of carbonyl (C=O) groups is 1. The molecule has 1 aromatic carbocycles. The van der Waals surface area contributed by atoms with Crippen molar-refractivity contribution in [1.82, 2.24) is 4.98 Å². The minimum atomic E-state index is -4.61. The Morgan fingerprint density at radius 1 is 1.12 bits per heavy atom. The summed E-state index contributed by atoms with van der Waals surface area (Å²) in [5.41, 5.74) is 3.95. The molecule has 2 rings (SSSR count). The third-order valence-corrected chi connectivity index (χ3v) is 3.86. The maximum atomic E-state index is 13.0. The van der Waals surface area contributed by atoms with E-state index in [9.17, 15) is 18.0 Å². The number of nitrogens with zero attached hydrogens (tertiary/aromatic N) is 1. The van der Waals surface area contributed by atoms with E-state index in [1.54, 1.807) is 12.6 Å². The van der Waals surface area contributed by atoms with Crippen LogP contribution in [0, 0.1) is 6.42 Å². The topological polar surface area (TPSA) is 68.0 Å². The van der Waals surface area contributed by atoms with Crippen molar-refractivity contribution in [3.8, 4) is 0 Å². The maximum Gasteiger partial charge on any atom is 0.417 e. The van der Waals surface area contributed by atoms with Crippen LogP contribution in [0.4, 0.5) is 19.0 Å². The van der Waals surface area contributed by atoms with Crippen molar-refractivity contribution in [1.29, 1.82) is 0 Å². The lowest BCUT2D eigenvalue weighted by Gasteiger charge is -2.14. The molecule has 26 heavy (non-hydrogen) atoms. The van der Waals surface area contributed by atoms with E-state index in [2.05, 4.69) is 10.3 Å². The lowest BCUT2D eigenvalue weighted by Crippen LogP contribution is -2.20. The lowest BCUT2D eigenvalue weighted by molar-refractivity contribution is -0.137. The molecule has 139 valence electrons. The van der Waals surface area contributed by atoms with E-state index in [0.29, 0.717) is 6.42 Å². The Kier molecular flexibility index (Phi) is 7.00. The van der Waals surface area contributed by atoms with Crippen molar-refractivity contribution < 1.29 is 18.0 Å². The van der Waals surface area contributed by atoms with Gasteiger partial charge in [-0.1, -0.05) is 31.0 Å². The monoisotopic (exact) mass is 364 g/mol. The molecule has 0 aliphatic rings. The molecule has 7 heteroatoms. The first-order valence-electron chi connectivity index (χ1n) is 8.37. The number of pyridine rings is 1. The van der Waals surface area contributed by atoms with E-state index in [1.807, 2.05) is 18.2 Å². The average molecular weight is 364 g/mol. The molecule has 1 radical (unpaired) electrons. The van der Waals surface area contributed by atoms with E-state index in [4.69, 9.17) is 5.73 Å². The summed E-state index contributed by atoms with van der Waals surface area (Å²) in [6, 6.07) is 9.27. The Labute approximate surface area is 150 Å². The maximum absolute atomic E-state index is 13.0. The van der Waals surface area contributed by atoms with Gasteiger partial charge in [0, 0.05) is 12.7 Å². The normalized spacial score (nSPS) is 11.3. The van der Waals surface area contributed by atoms with Gasteiger partial charge in [-0.3, -0.25) is 4.79 Å². The molecule has 1 heterocycles. The third kappa shape index (κ3) is 5.75. The molecular formula is C19H21F3N3O. The summed E-state index contributed by atoms with van der Waals surface area (Å²) in [5.74, 6) is -0.252. The van der Waals surface area contributed by atoms with Gasteiger partial charge in [-0.25, -0.2) is 4.98 Å². The van der Waals surface area contributed by atoms with Crippen molar-refractivity contribution in [2.75, 3.05) is 11.9 Å². The zero-order chi connectivity index (χ0) is 19.0. The molecule has 0 saturated heterocycles. The van der Waals surface area contributed by atoms with Crippen molar-refractivity contribution >= 4 is 11.7 Å². The molecule has 3 N–H and O–H groups in total. The summed E-state index contributed by atoms with van der Waals surface area (Å²) < 4.78 is 39.1. The predicted octanol–water partition coefficient (Wildman–Crippen LogP) is 4.42. The van der Waals surface area contributed by atoms with E-state index in [-0.39, 0.29) is 5.56 Å². The van der Waals surface area contributed by atoms with Crippen molar-refractivity contribution in [2.45, 2.75) is 31.9 Å². The van der Waals surface area contributed by atoms with Crippen LogP contribution in [0.25, 0.3) is 0 Å². The van der Waals surface area contributed by atoms with E-state index >= 15 is 0 Å². The number of anilines is 1. The molecule has 0 unspecified atom stereocenters. The van der Waals surface area contributed by atoms with Crippen molar-refractivity contribution in [3.05, 3.63) is 65.7 Å². The minimum absolute atomic E-state index is 0.235. The molecule has 1 amide bonds. The number of aromatic nitrogens is 1.